The standard InChI is InChI=1S/C27H26BrFN8O2/c28-24-20-13-31-27(33-25(20)37(34-24)19-11-15-2-1-7-30-23(15)21(29)12-19)32-17-4-3-16(10-17)26(39)35-8-9-36-18(14-35)5-6-22(36)38/h1-2,7,11-13,16-18H,3-6,8-10,14H2,(H,31,32,33)/t16-,17-,18+/m1/s1. The Labute approximate surface area is 231 Å². The minimum atomic E-state index is -0.433. The number of nitrogens with one attached hydrogen (secondary N) is 1. The van der Waals surface area contributed by atoms with Crippen molar-refractivity contribution in [3.63, 3.8) is 0 Å². The first-order valence-electron chi connectivity index (χ1n) is 13.3. The van der Waals surface area contributed by atoms with E-state index in [2.05, 4.69) is 36.3 Å². The van der Waals surface area contributed by atoms with Gasteiger partial charge >= 0.3 is 0 Å². The van der Waals surface area contributed by atoms with Gasteiger partial charge in [0.25, 0.3) is 0 Å². The van der Waals surface area contributed by atoms with Crippen molar-refractivity contribution in [1.29, 1.82) is 0 Å². The topological polar surface area (TPSA) is 109 Å². The Balaban J connectivity index is 1.08. The summed E-state index contributed by atoms with van der Waals surface area (Å²) in [6, 6.07) is 7.04. The summed E-state index contributed by atoms with van der Waals surface area (Å²) in [4.78, 5) is 42.5. The lowest BCUT2D eigenvalue weighted by Crippen LogP contribution is -2.54. The molecule has 1 aliphatic carbocycles. The van der Waals surface area contributed by atoms with Gasteiger partial charge in [0.05, 0.1) is 11.1 Å². The maximum Gasteiger partial charge on any atom is 0.225 e. The lowest BCUT2D eigenvalue weighted by molar-refractivity contribution is -0.141. The summed E-state index contributed by atoms with van der Waals surface area (Å²) in [5.74, 6) is 0.353. The highest BCUT2D eigenvalue weighted by atomic mass is 79.9. The van der Waals surface area contributed by atoms with Crippen LogP contribution < -0.4 is 5.32 Å². The first-order chi connectivity index (χ1) is 18.9. The highest BCUT2D eigenvalue weighted by Gasteiger charge is 2.40. The fraction of sp³-hybridized carbons (Fsp3) is 0.407. The van der Waals surface area contributed by atoms with Crippen molar-refractivity contribution >= 4 is 55.6 Å². The summed E-state index contributed by atoms with van der Waals surface area (Å²) >= 11 is 3.48. The monoisotopic (exact) mass is 592 g/mol. The first kappa shape index (κ1) is 24.4. The molecule has 2 amide bonds. The molecular formula is C27H26BrFN8O2. The van der Waals surface area contributed by atoms with Gasteiger partial charge in [-0.3, -0.25) is 14.6 Å². The molecule has 0 bridgehead atoms. The average molecular weight is 593 g/mol. The maximum absolute atomic E-state index is 14.8. The molecule has 0 spiro atoms. The Morgan fingerprint density at radius 1 is 1.15 bits per heavy atom. The summed E-state index contributed by atoms with van der Waals surface area (Å²) in [7, 11) is 0. The van der Waals surface area contributed by atoms with Gasteiger partial charge < -0.3 is 15.1 Å². The Bertz CT molecular complexity index is 1630. The third-order valence-electron chi connectivity index (χ3n) is 8.19. The molecule has 4 aromatic rings. The average Bonchev–Trinajstić information content (AvgIpc) is 3.65. The van der Waals surface area contributed by atoms with Crippen LogP contribution in [0.15, 0.2) is 41.3 Å². The lowest BCUT2D eigenvalue weighted by atomic mass is 10.0. The SMILES string of the molecule is O=C([C@@H]1CC[C@@H](Nc2ncc3c(Br)nn(-c4cc(F)c5ncccc5c4)c3n2)C1)N1CCN2C(=O)CC[C@H]2C1. The predicted molar refractivity (Wildman–Crippen MR) is 146 cm³/mol. The van der Waals surface area contributed by atoms with E-state index in [0.29, 0.717) is 70.7 Å². The van der Waals surface area contributed by atoms with E-state index in [9.17, 15) is 14.0 Å². The van der Waals surface area contributed by atoms with E-state index in [-0.39, 0.29) is 29.8 Å². The number of fused-ring (bicyclic) bond motifs is 3. The van der Waals surface area contributed by atoms with E-state index in [0.717, 1.165) is 19.3 Å². The summed E-state index contributed by atoms with van der Waals surface area (Å²) in [6.07, 6.45) is 7.03. The lowest BCUT2D eigenvalue weighted by Gasteiger charge is -2.38. The fourth-order valence-electron chi connectivity index (χ4n) is 6.22. The molecule has 39 heavy (non-hydrogen) atoms. The van der Waals surface area contributed by atoms with E-state index in [1.165, 1.54) is 6.07 Å². The molecule has 3 aromatic heterocycles. The number of aromatic nitrogens is 5. The molecule has 5 heterocycles. The Hall–Kier alpha value is -3.67. The van der Waals surface area contributed by atoms with E-state index in [1.807, 2.05) is 21.9 Å². The molecule has 1 aromatic carbocycles. The van der Waals surface area contributed by atoms with Crippen LogP contribution in [0, 0.1) is 11.7 Å². The molecule has 1 saturated carbocycles. The zero-order valence-corrected chi connectivity index (χ0v) is 22.6. The van der Waals surface area contributed by atoms with E-state index in [1.54, 1.807) is 23.1 Å². The zero-order chi connectivity index (χ0) is 26.7. The van der Waals surface area contributed by atoms with Crippen molar-refractivity contribution < 1.29 is 14.0 Å². The van der Waals surface area contributed by atoms with Crippen LogP contribution >= 0.6 is 15.9 Å². The Morgan fingerprint density at radius 3 is 2.95 bits per heavy atom. The number of hydrogen-bond donors (Lipinski definition) is 1. The highest BCUT2D eigenvalue weighted by molar-refractivity contribution is 9.10. The van der Waals surface area contributed by atoms with Gasteiger partial charge in [0.2, 0.25) is 17.8 Å². The molecule has 12 heteroatoms. The smallest absolute Gasteiger partial charge is 0.225 e. The largest absolute Gasteiger partial charge is 0.351 e. The number of halogens is 2. The third kappa shape index (κ3) is 4.30. The summed E-state index contributed by atoms with van der Waals surface area (Å²) < 4.78 is 17.0. The number of nitrogens with zero attached hydrogens (tertiary/aromatic N) is 7. The van der Waals surface area contributed by atoms with Gasteiger partial charge in [0.15, 0.2) is 11.5 Å². The molecule has 3 aliphatic rings. The van der Waals surface area contributed by atoms with Crippen LogP contribution in [0.5, 0.6) is 0 Å². The molecule has 1 N–H and O–H groups in total. The number of carbonyl (C=O) groups excluding carboxylic acids is 2. The fourth-order valence-corrected chi connectivity index (χ4v) is 6.65. The van der Waals surface area contributed by atoms with Gasteiger partial charge in [-0.1, -0.05) is 6.07 Å². The summed E-state index contributed by atoms with van der Waals surface area (Å²) in [5, 5.41) is 9.32. The van der Waals surface area contributed by atoms with Crippen LogP contribution in [0.3, 0.4) is 0 Å². The summed E-state index contributed by atoms with van der Waals surface area (Å²) in [6.45, 7) is 1.89. The third-order valence-corrected chi connectivity index (χ3v) is 8.77. The van der Waals surface area contributed by atoms with Crippen LogP contribution in [-0.4, -0.2) is 78.1 Å². The quantitative estimate of drug-likeness (QED) is 0.385. The molecule has 7 rings (SSSR count). The Morgan fingerprint density at radius 2 is 2.05 bits per heavy atom. The summed E-state index contributed by atoms with van der Waals surface area (Å²) in [5.41, 5.74) is 1.37. The van der Waals surface area contributed by atoms with Gasteiger partial charge in [-0.25, -0.2) is 14.1 Å². The van der Waals surface area contributed by atoms with Gasteiger partial charge in [-0.05, 0) is 53.7 Å². The van der Waals surface area contributed by atoms with Crippen molar-refractivity contribution in [3.05, 3.63) is 47.1 Å². The molecule has 200 valence electrons. The number of pyridine rings is 1. The predicted octanol–water partition coefficient (Wildman–Crippen LogP) is 3.68. The van der Waals surface area contributed by atoms with Gasteiger partial charge in [-0.2, -0.15) is 10.1 Å². The number of amides is 2. The van der Waals surface area contributed by atoms with Crippen molar-refractivity contribution in [2.24, 2.45) is 5.92 Å². The molecule has 10 nitrogen and oxygen atoms in total. The normalized spacial score (nSPS) is 23.1. The van der Waals surface area contributed by atoms with Crippen molar-refractivity contribution in [2.45, 2.75) is 44.2 Å². The van der Waals surface area contributed by atoms with Crippen LogP contribution in [-0.2, 0) is 9.59 Å². The van der Waals surface area contributed by atoms with Crippen LogP contribution in [0.25, 0.3) is 27.6 Å². The van der Waals surface area contributed by atoms with Gasteiger partial charge in [-0.15, -0.1) is 0 Å². The van der Waals surface area contributed by atoms with Crippen LogP contribution in [0.2, 0.25) is 0 Å². The van der Waals surface area contributed by atoms with Gasteiger partial charge in [0.1, 0.15) is 10.1 Å². The van der Waals surface area contributed by atoms with E-state index >= 15 is 0 Å². The number of rotatable bonds is 4. The second kappa shape index (κ2) is 9.51. The number of benzene rings is 1. The minimum Gasteiger partial charge on any atom is -0.351 e. The molecule has 3 atom stereocenters. The number of anilines is 1. The van der Waals surface area contributed by atoms with Gasteiger partial charge in [0, 0.05) is 67.9 Å². The van der Waals surface area contributed by atoms with Crippen molar-refractivity contribution in [3.8, 4) is 5.69 Å². The molecule has 0 unspecified atom stereocenters. The molecular weight excluding hydrogens is 567 g/mol. The van der Waals surface area contributed by atoms with E-state index < -0.39 is 5.82 Å². The van der Waals surface area contributed by atoms with E-state index in [4.69, 9.17) is 4.98 Å². The van der Waals surface area contributed by atoms with Crippen LogP contribution in [0.1, 0.15) is 32.1 Å². The molecule has 0 radical (unpaired) electrons. The molecule has 3 fully saturated rings. The minimum absolute atomic E-state index is 0.0521. The number of hydrogen-bond acceptors (Lipinski definition) is 7. The zero-order valence-electron chi connectivity index (χ0n) is 21.1. The van der Waals surface area contributed by atoms with Crippen molar-refractivity contribution in [2.75, 3.05) is 25.0 Å². The van der Waals surface area contributed by atoms with Crippen LogP contribution in [0.4, 0.5) is 10.3 Å². The Kier molecular flexibility index (Phi) is 5.94. The highest BCUT2D eigenvalue weighted by Crippen LogP contribution is 2.32. The second-order valence-corrected chi connectivity index (χ2v) is 11.3. The number of carbonyl (C=O) groups is 2. The number of piperazine rings is 1. The molecule has 2 aliphatic heterocycles. The van der Waals surface area contributed by atoms with Crippen molar-refractivity contribution in [1.82, 2.24) is 34.5 Å². The second-order valence-electron chi connectivity index (χ2n) is 10.6. The first-order valence-corrected chi connectivity index (χ1v) is 14.0. The maximum atomic E-state index is 14.8. The molecule has 2 saturated heterocycles.